The molecule has 2 N–H and O–H groups in total. The highest BCUT2D eigenvalue weighted by Gasteiger charge is 2.29. The lowest BCUT2D eigenvalue weighted by Gasteiger charge is -2.38. The second-order valence-electron chi connectivity index (χ2n) is 5.73. The van der Waals surface area contributed by atoms with E-state index in [4.69, 9.17) is 9.84 Å². The molecule has 21 heavy (non-hydrogen) atoms. The number of nitrogens with zero attached hydrogens (tertiary/aromatic N) is 2. The van der Waals surface area contributed by atoms with Crippen LogP contribution in [0.3, 0.4) is 0 Å². The third-order valence-electron chi connectivity index (χ3n) is 4.05. The number of likely N-dealkylation sites (tertiary alicyclic amines) is 2. The third-order valence-corrected chi connectivity index (χ3v) is 4.05. The van der Waals surface area contributed by atoms with Crippen LogP contribution in [0.1, 0.15) is 32.1 Å². The molecule has 0 spiro atoms. The Bertz CT molecular complexity index is 368. The number of hydrogen-bond acceptors (Lipinski definition) is 4. The van der Waals surface area contributed by atoms with Crippen LogP contribution in [0.15, 0.2) is 0 Å². The Labute approximate surface area is 124 Å². The van der Waals surface area contributed by atoms with Gasteiger partial charge in [0.05, 0.1) is 25.2 Å². The summed E-state index contributed by atoms with van der Waals surface area (Å²) in [5, 5.41) is 18.2. The van der Waals surface area contributed by atoms with Gasteiger partial charge in [-0.1, -0.05) is 0 Å². The lowest BCUT2D eigenvalue weighted by molar-refractivity contribution is -0.138. The van der Waals surface area contributed by atoms with Crippen molar-refractivity contribution in [1.82, 2.24) is 9.80 Å². The maximum absolute atomic E-state index is 12.3. The number of rotatable bonds is 4. The maximum atomic E-state index is 12.3. The van der Waals surface area contributed by atoms with Gasteiger partial charge in [0, 0.05) is 26.2 Å². The average molecular weight is 300 g/mol. The van der Waals surface area contributed by atoms with E-state index in [-0.39, 0.29) is 25.2 Å². The van der Waals surface area contributed by atoms with E-state index in [1.165, 1.54) is 0 Å². The van der Waals surface area contributed by atoms with Gasteiger partial charge in [-0.2, -0.15) is 0 Å². The first-order valence-electron chi connectivity index (χ1n) is 7.61. The largest absolute Gasteiger partial charge is 0.481 e. The van der Waals surface area contributed by atoms with Crippen LogP contribution in [-0.4, -0.2) is 77.0 Å². The molecule has 0 aromatic rings. The number of hydrogen-bond donors (Lipinski definition) is 2. The second-order valence-corrected chi connectivity index (χ2v) is 5.73. The fraction of sp³-hybridized carbons (Fsp3) is 0.857. The number of urea groups is 1. The van der Waals surface area contributed by atoms with Crippen LogP contribution < -0.4 is 0 Å². The molecule has 1 atom stereocenters. The number of ether oxygens (including phenoxy) is 1. The predicted octanol–water partition coefficient (Wildman–Crippen LogP) is 0.519. The zero-order chi connectivity index (χ0) is 15.2. The molecule has 2 fully saturated rings. The van der Waals surface area contributed by atoms with Crippen molar-refractivity contribution >= 4 is 12.0 Å². The van der Waals surface area contributed by atoms with Gasteiger partial charge in [-0.25, -0.2) is 4.79 Å². The van der Waals surface area contributed by atoms with Crippen molar-refractivity contribution in [2.75, 3.05) is 32.8 Å². The summed E-state index contributed by atoms with van der Waals surface area (Å²) in [6.45, 7) is 2.62. The molecule has 1 unspecified atom stereocenters. The molecule has 0 saturated carbocycles. The summed E-state index contributed by atoms with van der Waals surface area (Å²) in [6.07, 6.45) is 2.75. The normalized spacial score (nSPS) is 24.1. The van der Waals surface area contributed by atoms with Crippen molar-refractivity contribution in [3.05, 3.63) is 0 Å². The molecular weight excluding hydrogens is 276 g/mol. The molecule has 2 heterocycles. The molecule has 0 radical (unpaired) electrons. The van der Waals surface area contributed by atoms with Gasteiger partial charge in [0.25, 0.3) is 0 Å². The molecule has 120 valence electrons. The Kier molecular flexibility index (Phi) is 5.81. The van der Waals surface area contributed by atoms with E-state index in [1.807, 2.05) is 0 Å². The maximum Gasteiger partial charge on any atom is 0.320 e. The van der Waals surface area contributed by atoms with Crippen LogP contribution in [0.25, 0.3) is 0 Å². The van der Waals surface area contributed by atoms with Crippen molar-refractivity contribution in [1.29, 1.82) is 0 Å². The molecule has 7 nitrogen and oxygen atoms in total. The molecule has 2 aliphatic heterocycles. The van der Waals surface area contributed by atoms with Crippen molar-refractivity contribution in [2.24, 2.45) is 0 Å². The fourth-order valence-corrected chi connectivity index (χ4v) is 2.86. The van der Waals surface area contributed by atoms with Crippen LogP contribution in [0.5, 0.6) is 0 Å². The molecule has 2 rings (SSSR count). The van der Waals surface area contributed by atoms with Gasteiger partial charge in [-0.05, 0) is 25.7 Å². The molecule has 0 bridgehead atoms. The van der Waals surface area contributed by atoms with E-state index >= 15 is 0 Å². The first kappa shape index (κ1) is 16.0. The highest BCUT2D eigenvalue weighted by Crippen LogP contribution is 2.18. The summed E-state index contributed by atoms with van der Waals surface area (Å²) in [5.41, 5.74) is 0. The number of carboxylic acid groups (broad SMARTS) is 1. The molecule has 2 saturated heterocycles. The van der Waals surface area contributed by atoms with E-state index in [9.17, 15) is 14.7 Å². The number of piperidine rings is 2. The number of aliphatic carboxylic acids is 1. The first-order valence-corrected chi connectivity index (χ1v) is 7.61. The van der Waals surface area contributed by atoms with E-state index in [2.05, 4.69) is 0 Å². The van der Waals surface area contributed by atoms with Gasteiger partial charge in [0.15, 0.2) is 0 Å². The zero-order valence-electron chi connectivity index (χ0n) is 12.2. The van der Waals surface area contributed by atoms with Gasteiger partial charge in [0.1, 0.15) is 0 Å². The van der Waals surface area contributed by atoms with Crippen LogP contribution in [-0.2, 0) is 9.53 Å². The summed E-state index contributed by atoms with van der Waals surface area (Å²) < 4.78 is 5.51. The number of β-amino-alcohol motifs (C(OH)–C–C–N with tert-alkyl or cyclic N) is 1. The van der Waals surface area contributed by atoms with E-state index in [0.29, 0.717) is 26.2 Å². The van der Waals surface area contributed by atoms with Crippen molar-refractivity contribution in [2.45, 2.75) is 44.3 Å². The summed E-state index contributed by atoms with van der Waals surface area (Å²) in [5.74, 6) is -0.855. The molecule has 2 aliphatic rings. The van der Waals surface area contributed by atoms with Crippen molar-refractivity contribution in [3.63, 3.8) is 0 Å². The van der Waals surface area contributed by atoms with E-state index < -0.39 is 12.1 Å². The standard InChI is InChI=1S/C14H24N2O5/c17-11-2-1-6-16(10-11)14(20)15-7-3-12(4-8-15)21-9-5-13(18)19/h11-12,17H,1-10H2,(H,18,19). The second kappa shape index (κ2) is 7.61. The highest BCUT2D eigenvalue weighted by molar-refractivity contribution is 5.74. The number of carboxylic acids is 1. The number of carbonyl (C=O) groups is 2. The minimum absolute atomic E-state index is 0.00210. The van der Waals surface area contributed by atoms with Crippen LogP contribution >= 0.6 is 0 Å². The van der Waals surface area contributed by atoms with Gasteiger partial charge >= 0.3 is 12.0 Å². The summed E-state index contributed by atoms with van der Waals surface area (Å²) in [6, 6.07) is -0.00210. The first-order chi connectivity index (χ1) is 10.1. The minimum Gasteiger partial charge on any atom is -0.481 e. The highest BCUT2D eigenvalue weighted by atomic mass is 16.5. The van der Waals surface area contributed by atoms with Crippen LogP contribution in [0.4, 0.5) is 4.79 Å². The Morgan fingerprint density at radius 1 is 1.10 bits per heavy atom. The van der Waals surface area contributed by atoms with Crippen LogP contribution in [0, 0.1) is 0 Å². The summed E-state index contributed by atoms with van der Waals surface area (Å²) in [4.78, 5) is 26.3. The average Bonchev–Trinajstić information content (AvgIpc) is 2.47. The van der Waals surface area contributed by atoms with Crippen molar-refractivity contribution in [3.8, 4) is 0 Å². The topological polar surface area (TPSA) is 90.3 Å². The van der Waals surface area contributed by atoms with Crippen molar-refractivity contribution < 1.29 is 24.5 Å². The number of carbonyl (C=O) groups excluding carboxylic acids is 1. The smallest absolute Gasteiger partial charge is 0.320 e. The monoisotopic (exact) mass is 300 g/mol. The Balaban J connectivity index is 1.70. The Morgan fingerprint density at radius 3 is 2.43 bits per heavy atom. The molecule has 0 aliphatic carbocycles. The van der Waals surface area contributed by atoms with Crippen LogP contribution in [0.2, 0.25) is 0 Å². The quantitative estimate of drug-likeness (QED) is 0.790. The van der Waals surface area contributed by atoms with Gasteiger partial charge in [-0.15, -0.1) is 0 Å². The Morgan fingerprint density at radius 2 is 1.81 bits per heavy atom. The zero-order valence-corrected chi connectivity index (χ0v) is 12.2. The van der Waals surface area contributed by atoms with E-state index in [0.717, 1.165) is 25.7 Å². The van der Waals surface area contributed by atoms with Gasteiger partial charge < -0.3 is 24.7 Å². The molecular formula is C14H24N2O5. The predicted molar refractivity (Wildman–Crippen MR) is 75.0 cm³/mol. The number of aliphatic hydroxyl groups is 1. The lowest BCUT2D eigenvalue weighted by Crippen LogP contribution is -2.51. The number of amides is 2. The lowest BCUT2D eigenvalue weighted by atomic mass is 10.1. The Hall–Kier alpha value is -1.34. The SMILES string of the molecule is O=C(O)CCOC1CCN(C(=O)N2CCCC(O)C2)CC1. The third kappa shape index (κ3) is 4.86. The fourth-order valence-electron chi connectivity index (χ4n) is 2.86. The van der Waals surface area contributed by atoms with Gasteiger partial charge in [0.2, 0.25) is 0 Å². The minimum atomic E-state index is -0.855. The molecule has 0 aromatic carbocycles. The molecule has 2 amide bonds. The number of aliphatic hydroxyl groups excluding tert-OH is 1. The molecule has 7 heteroatoms. The summed E-state index contributed by atoms with van der Waals surface area (Å²) >= 11 is 0. The summed E-state index contributed by atoms with van der Waals surface area (Å²) in [7, 11) is 0. The van der Waals surface area contributed by atoms with E-state index in [1.54, 1.807) is 9.80 Å². The van der Waals surface area contributed by atoms with Gasteiger partial charge in [-0.3, -0.25) is 4.79 Å². The molecule has 0 aromatic heterocycles.